The summed E-state index contributed by atoms with van der Waals surface area (Å²) >= 11 is 0.791. The third kappa shape index (κ3) is 9.07. The molecule has 5 rings (SSSR count). The lowest BCUT2D eigenvalue weighted by Crippen LogP contribution is -2.27. The van der Waals surface area contributed by atoms with Crippen LogP contribution in [0.5, 0.6) is 0 Å². The van der Waals surface area contributed by atoms with Crippen molar-refractivity contribution >= 4 is 56.6 Å². The molecule has 0 amide bonds. The molecule has 2 aliphatic rings. The Labute approximate surface area is 327 Å². The molecule has 3 aromatic rings. The Bertz CT molecular complexity index is 2270. The average Bonchev–Trinajstić information content (AvgIpc) is 3.47. The molecule has 56 heavy (non-hydrogen) atoms. The molecule has 3 N–H and O–H groups in total. The van der Waals surface area contributed by atoms with Crippen LogP contribution in [0.25, 0.3) is 0 Å². The Morgan fingerprint density at radius 2 is 1.61 bits per heavy atom. The van der Waals surface area contributed by atoms with Crippen molar-refractivity contribution < 1.29 is 51.9 Å². The highest BCUT2D eigenvalue weighted by molar-refractivity contribution is 7.94. The van der Waals surface area contributed by atoms with Crippen molar-refractivity contribution in [3.8, 4) is 0 Å². The number of benzene rings is 3. The zero-order valence-corrected chi connectivity index (χ0v) is 32.6. The summed E-state index contributed by atoms with van der Waals surface area (Å²) in [4.78, 5) is 35.5. The molecular weight excluding hydrogens is 769 g/mol. The van der Waals surface area contributed by atoms with E-state index in [1.54, 1.807) is 12.1 Å². The van der Waals surface area contributed by atoms with Gasteiger partial charge in [0.25, 0.3) is 21.5 Å². The topological polar surface area (TPSA) is 223 Å². The number of nitrogens with zero attached hydrogens (tertiary/aromatic N) is 4. The van der Waals surface area contributed by atoms with E-state index in [9.17, 15) is 38.0 Å². The predicted octanol–water partition coefficient (Wildman–Crippen LogP) is 8.19. The Kier molecular flexibility index (Phi) is 12.6. The van der Waals surface area contributed by atoms with E-state index < -0.39 is 48.1 Å². The molecule has 0 saturated heterocycles. The molecule has 0 saturated carbocycles. The second-order valence-corrected chi connectivity index (χ2v) is 16.5. The molecule has 0 spiro atoms. The Balaban J connectivity index is 1.52. The van der Waals surface area contributed by atoms with Crippen LogP contribution in [0.2, 0.25) is 0 Å². The number of nitro groups is 2. The van der Waals surface area contributed by atoms with Crippen LogP contribution in [-0.4, -0.2) is 56.0 Å². The molecule has 16 nitrogen and oxygen atoms in total. The van der Waals surface area contributed by atoms with E-state index in [1.165, 1.54) is 24.3 Å². The maximum absolute atomic E-state index is 12.0. The lowest BCUT2D eigenvalue weighted by Gasteiger charge is -2.27. The van der Waals surface area contributed by atoms with Gasteiger partial charge >= 0.3 is 5.97 Å². The molecule has 0 aliphatic carbocycles. The van der Waals surface area contributed by atoms with Gasteiger partial charge in [0.15, 0.2) is 12.3 Å². The minimum atomic E-state index is -4.45. The number of carbonyl (C=O) groups is 1. The molecule has 0 atom stereocenters. The summed E-state index contributed by atoms with van der Waals surface area (Å²) < 4.78 is 40.4. The summed E-state index contributed by atoms with van der Waals surface area (Å²) in [6.45, 7) is 8.48. The first-order chi connectivity index (χ1) is 26.4. The summed E-state index contributed by atoms with van der Waals surface area (Å²) in [5, 5.41) is 44.8. The molecule has 0 bridgehead atoms. The number of unbranched alkanes of at least 4 members (excludes halogenated alkanes) is 2. The van der Waals surface area contributed by atoms with Gasteiger partial charge in [-0.3, -0.25) is 29.6 Å². The number of allylic oxidation sites excluding steroid dienone is 6. The van der Waals surface area contributed by atoms with Gasteiger partial charge in [0, 0.05) is 70.1 Å². The van der Waals surface area contributed by atoms with Crippen molar-refractivity contribution in [1.29, 1.82) is 0 Å². The smallest absolute Gasteiger partial charge is 0.303 e. The monoisotopic (exact) mass is 809 g/mol. The normalized spacial score (nSPS) is 16.6. The molecule has 0 radical (unpaired) electrons. The van der Waals surface area contributed by atoms with E-state index in [0.717, 1.165) is 46.5 Å². The van der Waals surface area contributed by atoms with Gasteiger partial charge in [-0.2, -0.15) is 13.0 Å². The third-order valence-corrected chi connectivity index (χ3v) is 11.3. The van der Waals surface area contributed by atoms with E-state index in [4.69, 9.17) is 10.4 Å². The summed E-state index contributed by atoms with van der Waals surface area (Å²) in [5.41, 5.74) is 2.92. The fourth-order valence-corrected chi connectivity index (χ4v) is 8.11. The van der Waals surface area contributed by atoms with E-state index in [-0.39, 0.29) is 17.9 Å². The number of carboxylic acids is 1. The summed E-state index contributed by atoms with van der Waals surface area (Å²) in [6, 6.07) is 13.4. The number of rotatable bonds is 17. The van der Waals surface area contributed by atoms with Gasteiger partial charge < -0.3 is 10.0 Å². The number of hydrogen-bond acceptors (Lipinski definition) is 12. The van der Waals surface area contributed by atoms with Crippen LogP contribution in [0.3, 0.4) is 0 Å². The number of nitro benzene ring substituents is 2. The molecule has 0 aromatic heterocycles. The zero-order chi connectivity index (χ0) is 41.0. The zero-order valence-electron chi connectivity index (χ0n) is 30.9. The highest BCUT2D eigenvalue weighted by Gasteiger charge is 2.45. The molecular formula is C38H41N4O12S2+. The number of carboxylic acid groups (broad SMARTS) is 1. The molecule has 0 unspecified atom stereocenters. The Hall–Kier alpha value is -5.24. The van der Waals surface area contributed by atoms with Crippen molar-refractivity contribution in [3.63, 3.8) is 0 Å². The molecule has 18 heteroatoms. The van der Waals surface area contributed by atoms with Crippen LogP contribution in [0.1, 0.15) is 70.1 Å². The summed E-state index contributed by atoms with van der Waals surface area (Å²) in [6.07, 6.45) is 11.2. The SMILES string of the molecule is CC1(C)C(=CC=CC=CC2=[N+](Cc3cc([N+](=O)[O-])cc([N+](=O)[O-])c3)c3ccc(SOOO)cc3C2(C)C)N(CCCCCC(=O)O)c2ccc(S(=O)(=O)O)cc21. The molecule has 296 valence electrons. The van der Waals surface area contributed by atoms with E-state index in [1.807, 2.05) is 74.8 Å². The highest BCUT2D eigenvalue weighted by atomic mass is 32.2. The number of hydrogen-bond donors (Lipinski definition) is 3. The van der Waals surface area contributed by atoms with Gasteiger partial charge in [-0.05, 0) is 68.7 Å². The molecule has 3 aromatic carbocycles. The molecule has 2 aliphatic heterocycles. The second kappa shape index (κ2) is 16.9. The van der Waals surface area contributed by atoms with E-state index >= 15 is 0 Å². The Morgan fingerprint density at radius 1 is 0.911 bits per heavy atom. The molecule has 2 heterocycles. The number of non-ortho nitro benzene ring substituents is 2. The van der Waals surface area contributed by atoms with Gasteiger partial charge in [0.1, 0.15) is 0 Å². The predicted molar refractivity (Wildman–Crippen MR) is 208 cm³/mol. The summed E-state index contributed by atoms with van der Waals surface area (Å²) in [5.74, 6) is -0.861. The fourth-order valence-electron chi connectivity index (χ4n) is 7.21. The average molecular weight is 810 g/mol. The first-order valence-corrected chi connectivity index (χ1v) is 19.6. The largest absolute Gasteiger partial charge is 0.481 e. The maximum Gasteiger partial charge on any atom is 0.303 e. The minimum absolute atomic E-state index is 0.0638. The third-order valence-electron chi connectivity index (χ3n) is 9.91. The van der Waals surface area contributed by atoms with Crippen LogP contribution in [0, 0.1) is 20.2 Å². The lowest BCUT2D eigenvalue weighted by atomic mass is 9.81. The second-order valence-electron chi connectivity index (χ2n) is 14.3. The van der Waals surface area contributed by atoms with Crippen molar-refractivity contribution in [2.24, 2.45) is 0 Å². The number of anilines is 1. The first kappa shape index (κ1) is 41.9. The van der Waals surface area contributed by atoms with Crippen molar-refractivity contribution in [3.05, 3.63) is 128 Å². The standard InChI is InChI=1S/C38H40N4O12S2/c1-37(2)30-22-28(55-54-53-49)14-16-33(30)40(24-25-19-26(41(45)46)21-27(20-25)42(47)48)35(37)12-8-5-7-11-34-38(3,4)31-23-29(56(50,51)52)15-17-32(31)39(34)18-10-6-9-13-36(43)44/h5,7-8,11-12,14-17,19-23H,6,9-10,13,18,24H2,1-4H3,(H2-,43,44,49,50,51,52)/p+1. The van der Waals surface area contributed by atoms with Crippen molar-refractivity contribution in [2.45, 2.75) is 80.5 Å². The lowest BCUT2D eigenvalue weighted by molar-refractivity contribution is -0.455. The van der Waals surface area contributed by atoms with E-state index in [0.29, 0.717) is 41.8 Å². The van der Waals surface area contributed by atoms with Crippen LogP contribution in [0.4, 0.5) is 22.7 Å². The quantitative estimate of drug-likeness (QED) is 0.0171. The van der Waals surface area contributed by atoms with Crippen molar-refractivity contribution in [1.82, 2.24) is 0 Å². The highest BCUT2D eigenvalue weighted by Crippen LogP contribution is 2.49. The van der Waals surface area contributed by atoms with Crippen molar-refractivity contribution in [2.75, 3.05) is 11.4 Å². The van der Waals surface area contributed by atoms with Gasteiger partial charge in [0.05, 0.1) is 38.3 Å². The minimum Gasteiger partial charge on any atom is -0.481 e. The van der Waals surface area contributed by atoms with Crippen LogP contribution >= 0.6 is 12.0 Å². The Morgan fingerprint density at radius 3 is 2.23 bits per heavy atom. The van der Waals surface area contributed by atoms with E-state index in [2.05, 4.69) is 14.3 Å². The summed E-state index contributed by atoms with van der Waals surface area (Å²) in [7, 11) is -4.45. The van der Waals surface area contributed by atoms with Crippen LogP contribution in [-0.2, 0) is 41.7 Å². The first-order valence-electron chi connectivity index (χ1n) is 17.4. The molecule has 0 fully saturated rings. The van der Waals surface area contributed by atoms with Crippen LogP contribution < -0.4 is 4.90 Å². The van der Waals surface area contributed by atoms with Gasteiger partial charge in [0.2, 0.25) is 5.69 Å². The number of aliphatic carboxylic acids is 1. The van der Waals surface area contributed by atoms with Crippen LogP contribution in [0.15, 0.2) is 100 Å². The van der Waals surface area contributed by atoms with Gasteiger partial charge in [-0.1, -0.05) is 43.5 Å². The fraction of sp³-hybridized carbons (Fsp3) is 0.316. The van der Waals surface area contributed by atoms with Gasteiger partial charge in [-0.15, -0.1) is 4.33 Å². The van der Waals surface area contributed by atoms with Gasteiger partial charge in [-0.25, -0.2) is 5.26 Å². The maximum atomic E-state index is 12.0. The number of fused-ring (bicyclic) bond motifs is 2.